The molecule has 0 aliphatic carbocycles. The Hall–Kier alpha value is -2.48. The van der Waals surface area contributed by atoms with Crippen molar-refractivity contribution in [3.05, 3.63) is 23.3 Å². The van der Waals surface area contributed by atoms with Crippen LogP contribution in [0.25, 0.3) is 0 Å². The third-order valence-corrected chi connectivity index (χ3v) is 2.10. The van der Waals surface area contributed by atoms with E-state index in [2.05, 4.69) is 5.92 Å². The maximum atomic E-state index is 10.7. The third kappa shape index (κ3) is 2.37. The number of hydrogen-bond acceptors (Lipinski definition) is 4. The lowest BCUT2D eigenvalue weighted by atomic mass is 10.1. The van der Waals surface area contributed by atoms with Gasteiger partial charge in [0.2, 0.25) is 0 Å². The lowest BCUT2D eigenvalue weighted by Gasteiger charge is -2.19. The number of carbonyl (C=O) groups is 2. The van der Waals surface area contributed by atoms with E-state index < -0.39 is 5.97 Å². The van der Waals surface area contributed by atoms with Gasteiger partial charge in [-0.25, -0.2) is 4.79 Å². The summed E-state index contributed by atoms with van der Waals surface area (Å²) in [5, 5.41) is 8.49. The first-order chi connectivity index (χ1) is 8.20. The summed E-state index contributed by atoms with van der Waals surface area (Å²) in [4.78, 5) is 21.1. The van der Waals surface area contributed by atoms with Crippen molar-refractivity contribution in [1.82, 2.24) is 0 Å². The molecule has 1 N–H and O–H groups in total. The Bertz CT molecular complexity index is 536. The highest BCUT2D eigenvalue weighted by Crippen LogP contribution is 2.34. The van der Waals surface area contributed by atoms with Crippen LogP contribution in [0.4, 0.5) is 0 Å². The van der Waals surface area contributed by atoms with Crippen LogP contribution in [-0.4, -0.2) is 30.6 Å². The molecule has 0 fully saturated rings. The lowest BCUT2D eigenvalue weighted by molar-refractivity contribution is -0.130. The zero-order valence-corrected chi connectivity index (χ0v) is 8.73. The second kappa shape index (κ2) is 4.58. The van der Waals surface area contributed by atoms with Crippen molar-refractivity contribution in [3.8, 4) is 23.3 Å². The number of rotatable bonds is 1. The maximum Gasteiger partial charge on any atom is 0.382 e. The van der Waals surface area contributed by atoms with Crippen molar-refractivity contribution < 1.29 is 24.2 Å². The SMILES string of the molecule is O=Cc1cc(C#CC(=O)O)c2c(c1)OCCO2. The molecule has 5 heteroatoms. The van der Waals surface area contributed by atoms with Crippen LogP contribution in [0, 0.1) is 11.8 Å². The summed E-state index contributed by atoms with van der Waals surface area (Å²) in [6.45, 7) is 0.760. The molecule has 0 unspecified atom stereocenters. The number of ether oxygens (including phenoxy) is 2. The molecular weight excluding hydrogens is 224 g/mol. The summed E-state index contributed by atoms with van der Waals surface area (Å²) in [6.07, 6.45) is 0.643. The van der Waals surface area contributed by atoms with Crippen LogP contribution in [0.3, 0.4) is 0 Å². The van der Waals surface area contributed by atoms with Crippen LogP contribution in [0.5, 0.6) is 11.5 Å². The number of aliphatic carboxylic acids is 1. The zero-order chi connectivity index (χ0) is 12.3. The molecule has 2 rings (SSSR count). The van der Waals surface area contributed by atoms with Crippen LogP contribution >= 0.6 is 0 Å². The van der Waals surface area contributed by atoms with Gasteiger partial charge in [0.15, 0.2) is 11.5 Å². The lowest BCUT2D eigenvalue weighted by Crippen LogP contribution is -2.16. The molecule has 5 nitrogen and oxygen atoms in total. The minimum Gasteiger partial charge on any atom is -0.486 e. The third-order valence-electron chi connectivity index (χ3n) is 2.10. The molecule has 1 heterocycles. The van der Waals surface area contributed by atoms with Gasteiger partial charge >= 0.3 is 5.97 Å². The molecule has 17 heavy (non-hydrogen) atoms. The number of aldehydes is 1. The minimum atomic E-state index is -1.24. The van der Waals surface area contributed by atoms with E-state index in [4.69, 9.17) is 14.6 Å². The number of carboxylic acids is 1. The molecule has 0 spiro atoms. The highest BCUT2D eigenvalue weighted by molar-refractivity contribution is 5.88. The van der Waals surface area contributed by atoms with E-state index in [1.807, 2.05) is 5.92 Å². The normalized spacial score (nSPS) is 12.2. The molecule has 1 aromatic rings. The van der Waals surface area contributed by atoms with Gasteiger partial charge in [-0.2, -0.15) is 0 Å². The summed E-state index contributed by atoms with van der Waals surface area (Å²) >= 11 is 0. The number of fused-ring (bicyclic) bond motifs is 1. The molecule has 0 saturated heterocycles. The molecule has 0 radical (unpaired) electrons. The standard InChI is InChI=1S/C12H8O5/c13-7-8-5-9(1-2-11(14)15)12-10(6-8)16-3-4-17-12/h5-7H,3-4H2,(H,14,15). The molecule has 0 atom stereocenters. The molecule has 0 bridgehead atoms. The fourth-order valence-corrected chi connectivity index (χ4v) is 1.46. The van der Waals surface area contributed by atoms with Crippen molar-refractivity contribution in [3.63, 3.8) is 0 Å². The van der Waals surface area contributed by atoms with E-state index >= 15 is 0 Å². The zero-order valence-electron chi connectivity index (χ0n) is 8.73. The van der Waals surface area contributed by atoms with Crippen LogP contribution in [0.2, 0.25) is 0 Å². The van der Waals surface area contributed by atoms with E-state index in [1.165, 1.54) is 12.1 Å². The van der Waals surface area contributed by atoms with Crippen LogP contribution in [0.15, 0.2) is 12.1 Å². The van der Waals surface area contributed by atoms with E-state index in [0.29, 0.717) is 42.1 Å². The average molecular weight is 232 g/mol. The van der Waals surface area contributed by atoms with Crippen molar-refractivity contribution in [2.45, 2.75) is 0 Å². The van der Waals surface area contributed by atoms with Gasteiger partial charge in [-0.15, -0.1) is 0 Å². The number of carboxylic acid groups (broad SMARTS) is 1. The van der Waals surface area contributed by atoms with Gasteiger partial charge in [-0.1, -0.05) is 5.92 Å². The first kappa shape index (κ1) is 11.0. The Kier molecular flexibility index (Phi) is 2.97. The summed E-state index contributed by atoms with van der Waals surface area (Å²) in [6, 6.07) is 3.00. The van der Waals surface area contributed by atoms with Crippen molar-refractivity contribution in [2.75, 3.05) is 13.2 Å². The largest absolute Gasteiger partial charge is 0.486 e. The predicted octanol–water partition coefficient (Wildman–Crippen LogP) is 0.706. The Morgan fingerprint density at radius 2 is 2.12 bits per heavy atom. The fraction of sp³-hybridized carbons (Fsp3) is 0.167. The second-order valence-corrected chi connectivity index (χ2v) is 3.27. The number of benzene rings is 1. The van der Waals surface area contributed by atoms with Crippen molar-refractivity contribution >= 4 is 12.3 Å². The van der Waals surface area contributed by atoms with Gasteiger partial charge in [0.25, 0.3) is 0 Å². The van der Waals surface area contributed by atoms with Gasteiger partial charge in [0.05, 0.1) is 5.56 Å². The molecule has 86 valence electrons. The van der Waals surface area contributed by atoms with E-state index in [-0.39, 0.29) is 0 Å². The minimum absolute atomic E-state index is 0.340. The quantitative estimate of drug-likeness (QED) is 0.570. The van der Waals surface area contributed by atoms with Gasteiger partial charge in [-0.3, -0.25) is 4.79 Å². The second-order valence-electron chi connectivity index (χ2n) is 3.27. The maximum absolute atomic E-state index is 10.7. The van der Waals surface area contributed by atoms with Crippen molar-refractivity contribution in [2.24, 2.45) is 0 Å². The van der Waals surface area contributed by atoms with Crippen molar-refractivity contribution in [1.29, 1.82) is 0 Å². The Labute approximate surface area is 97.0 Å². The summed E-state index contributed by atoms with van der Waals surface area (Å²) < 4.78 is 10.7. The monoisotopic (exact) mass is 232 g/mol. The Morgan fingerprint density at radius 3 is 2.82 bits per heavy atom. The molecular formula is C12H8O5. The van der Waals surface area contributed by atoms with Gasteiger partial charge in [0.1, 0.15) is 19.5 Å². The molecule has 1 aromatic carbocycles. The first-order valence-corrected chi connectivity index (χ1v) is 4.84. The van der Waals surface area contributed by atoms with E-state index in [1.54, 1.807) is 0 Å². The average Bonchev–Trinajstić information content (AvgIpc) is 2.35. The van der Waals surface area contributed by atoms with Gasteiger partial charge < -0.3 is 14.6 Å². The fourth-order valence-electron chi connectivity index (χ4n) is 1.46. The summed E-state index contributed by atoms with van der Waals surface area (Å²) in [7, 11) is 0. The number of carbonyl (C=O) groups excluding carboxylic acids is 1. The number of hydrogen-bond donors (Lipinski definition) is 1. The van der Waals surface area contributed by atoms with Crippen LogP contribution < -0.4 is 9.47 Å². The highest BCUT2D eigenvalue weighted by Gasteiger charge is 2.16. The van der Waals surface area contributed by atoms with Gasteiger partial charge in [-0.05, 0) is 12.1 Å². The summed E-state index contributed by atoms with van der Waals surface area (Å²) in [5.41, 5.74) is 0.704. The molecule has 0 saturated carbocycles. The molecule has 0 aromatic heterocycles. The Balaban J connectivity index is 2.52. The first-order valence-electron chi connectivity index (χ1n) is 4.84. The highest BCUT2D eigenvalue weighted by atomic mass is 16.6. The predicted molar refractivity (Wildman–Crippen MR) is 57.3 cm³/mol. The van der Waals surface area contributed by atoms with Crippen LogP contribution in [-0.2, 0) is 4.79 Å². The molecule has 1 aliphatic heterocycles. The van der Waals surface area contributed by atoms with E-state index in [9.17, 15) is 9.59 Å². The van der Waals surface area contributed by atoms with Gasteiger partial charge in [0, 0.05) is 11.5 Å². The molecule has 1 aliphatic rings. The summed E-state index contributed by atoms with van der Waals surface area (Å²) in [5.74, 6) is 3.97. The molecule has 0 amide bonds. The topological polar surface area (TPSA) is 72.8 Å². The smallest absolute Gasteiger partial charge is 0.382 e. The van der Waals surface area contributed by atoms with E-state index in [0.717, 1.165) is 0 Å². The van der Waals surface area contributed by atoms with Crippen LogP contribution in [0.1, 0.15) is 15.9 Å². The Morgan fingerprint density at radius 1 is 1.35 bits per heavy atom.